The largest absolute Gasteiger partial charge is 0.477 e. The molecule has 2 heterocycles. The molecule has 0 unspecified atom stereocenters. The number of hydrogen-bond donors (Lipinski definition) is 2. The third-order valence-electron chi connectivity index (χ3n) is 4.89. The van der Waals surface area contributed by atoms with Crippen molar-refractivity contribution in [1.82, 2.24) is 4.90 Å². The van der Waals surface area contributed by atoms with E-state index in [4.69, 9.17) is 5.11 Å². The Morgan fingerprint density at radius 2 is 1.96 bits per heavy atom. The molecule has 2 N–H and O–H groups in total. The van der Waals surface area contributed by atoms with Gasteiger partial charge in [-0.25, -0.2) is 4.79 Å². The Kier molecular flexibility index (Phi) is 4.92. The molecule has 2 aromatic carbocycles. The van der Waals surface area contributed by atoms with Gasteiger partial charge in [-0.2, -0.15) is 0 Å². The number of anilines is 1. The minimum Gasteiger partial charge on any atom is -0.477 e. The van der Waals surface area contributed by atoms with Gasteiger partial charge in [0.25, 0.3) is 0 Å². The number of likely N-dealkylation sites (tertiary alicyclic amines) is 1. The van der Waals surface area contributed by atoms with Crippen molar-refractivity contribution in [1.29, 1.82) is 0 Å². The quantitative estimate of drug-likeness (QED) is 0.696. The molecule has 0 radical (unpaired) electrons. The third-order valence-corrected chi connectivity index (χ3v) is 5.99. The van der Waals surface area contributed by atoms with Crippen LogP contribution in [0, 0.1) is 0 Å². The average molecular weight is 380 g/mol. The fourth-order valence-corrected chi connectivity index (χ4v) is 4.46. The summed E-state index contributed by atoms with van der Waals surface area (Å²) in [5, 5.41) is 13.0. The second kappa shape index (κ2) is 7.50. The molecule has 1 aliphatic rings. The molecule has 1 fully saturated rings. The number of carboxylic acids is 1. The number of carboxylic acid groups (broad SMARTS) is 1. The maximum Gasteiger partial charge on any atom is 0.345 e. The van der Waals surface area contributed by atoms with Crippen molar-refractivity contribution in [2.45, 2.75) is 25.4 Å². The molecule has 3 aromatic rings. The molecule has 138 valence electrons. The van der Waals surface area contributed by atoms with Gasteiger partial charge in [-0.3, -0.25) is 9.69 Å². The van der Waals surface area contributed by atoms with Gasteiger partial charge in [0.15, 0.2) is 0 Å². The number of hydrogen-bond acceptors (Lipinski definition) is 4. The van der Waals surface area contributed by atoms with Gasteiger partial charge in [-0.15, -0.1) is 11.3 Å². The second-order valence-corrected chi connectivity index (χ2v) is 7.86. The Labute approximate surface area is 161 Å². The van der Waals surface area contributed by atoms with Crippen LogP contribution in [0.15, 0.2) is 54.6 Å². The second-order valence-electron chi connectivity index (χ2n) is 6.77. The van der Waals surface area contributed by atoms with Crippen LogP contribution in [0.3, 0.4) is 0 Å². The van der Waals surface area contributed by atoms with Gasteiger partial charge in [-0.05, 0) is 54.6 Å². The van der Waals surface area contributed by atoms with Gasteiger partial charge in [0.1, 0.15) is 4.88 Å². The Hall–Kier alpha value is -2.70. The van der Waals surface area contributed by atoms with Gasteiger partial charge in [0.05, 0.1) is 6.04 Å². The van der Waals surface area contributed by atoms with Gasteiger partial charge in [0, 0.05) is 16.9 Å². The standard InChI is InChI=1S/C21H20N2O3S/c24-20(17-7-4-10-23(17)13-14-5-2-1-3-6-14)22-16-8-9-18-15(11-16)12-19(27-18)21(25)26/h1-3,5-6,8-9,11-12,17H,4,7,10,13H2,(H,22,24)(H,25,26)/t17-/m0/s1. The van der Waals surface area contributed by atoms with Crippen molar-refractivity contribution < 1.29 is 14.7 Å². The summed E-state index contributed by atoms with van der Waals surface area (Å²) in [5.41, 5.74) is 1.91. The predicted octanol–water partition coefficient (Wildman–Crippen LogP) is 4.20. The molecule has 0 bridgehead atoms. The Morgan fingerprint density at radius 3 is 2.74 bits per heavy atom. The molecule has 1 saturated heterocycles. The Bertz CT molecular complexity index is 984. The van der Waals surface area contributed by atoms with E-state index in [9.17, 15) is 9.59 Å². The highest BCUT2D eigenvalue weighted by atomic mass is 32.1. The summed E-state index contributed by atoms with van der Waals surface area (Å²) in [6.07, 6.45) is 1.86. The smallest absolute Gasteiger partial charge is 0.345 e. The van der Waals surface area contributed by atoms with E-state index < -0.39 is 5.97 Å². The van der Waals surface area contributed by atoms with E-state index in [1.807, 2.05) is 36.4 Å². The number of carbonyl (C=O) groups is 2. The lowest BCUT2D eigenvalue weighted by Crippen LogP contribution is -2.39. The first-order chi connectivity index (χ1) is 13.1. The van der Waals surface area contributed by atoms with Crippen molar-refractivity contribution >= 4 is 39.0 Å². The zero-order valence-electron chi connectivity index (χ0n) is 14.7. The first-order valence-corrected chi connectivity index (χ1v) is 9.77. The molecule has 1 atom stereocenters. The molecule has 1 aromatic heterocycles. The maximum atomic E-state index is 12.8. The zero-order valence-corrected chi connectivity index (χ0v) is 15.5. The van der Waals surface area contributed by atoms with Gasteiger partial charge in [0.2, 0.25) is 5.91 Å². The Morgan fingerprint density at radius 1 is 1.15 bits per heavy atom. The maximum absolute atomic E-state index is 12.8. The van der Waals surface area contributed by atoms with Crippen molar-refractivity contribution in [3.63, 3.8) is 0 Å². The van der Waals surface area contributed by atoms with Crippen molar-refractivity contribution in [3.8, 4) is 0 Å². The minimum absolute atomic E-state index is 0.00327. The highest BCUT2D eigenvalue weighted by Gasteiger charge is 2.30. The Balaban J connectivity index is 1.47. The normalized spacial score (nSPS) is 17.3. The molecule has 4 rings (SSSR count). The van der Waals surface area contributed by atoms with Crippen LogP contribution in [-0.4, -0.2) is 34.5 Å². The number of nitrogens with one attached hydrogen (secondary N) is 1. The zero-order chi connectivity index (χ0) is 18.8. The highest BCUT2D eigenvalue weighted by molar-refractivity contribution is 7.20. The van der Waals surface area contributed by atoms with Gasteiger partial charge < -0.3 is 10.4 Å². The summed E-state index contributed by atoms with van der Waals surface area (Å²) in [7, 11) is 0. The summed E-state index contributed by atoms with van der Waals surface area (Å²) in [6, 6.07) is 17.2. The number of rotatable bonds is 5. The SMILES string of the molecule is O=C(O)c1cc2cc(NC(=O)[C@@H]3CCCN3Cc3ccccc3)ccc2s1. The van der Waals surface area contributed by atoms with Crippen LogP contribution >= 0.6 is 11.3 Å². The van der Waals surface area contributed by atoms with Crippen LogP contribution in [0.2, 0.25) is 0 Å². The summed E-state index contributed by atoms with van der Waals surface area (Å²) < 4.78 is 0.900. The number of nitrogens with zero attached hydrogens (tertiary/aromatic N) is 1. The fraction of sp³-hybridized carbons (Fsp3) is 0.238. The highest BCUT2D eigenvalue weighted by Crippen LogP contribution is 2.29. The van der Waals surface area contributed by atoms with E-state index in [1.165, 1.54) is 16.9 Å². The number of benzene rings is 2. The lowest BCUT2D eigenvalue weighted by atomic mass is 10.1. The van der Waals surface area contributed by atoms with Crippen LogP contribution in [0.5, 0.6) is 0 Å². The van der Waals surface area contributed by atoms with E-state index in [0.29, 0.717) is 10.6 Å². The van der Waals surface area contributed by atoms with Crippen LogP contribution in [0.4, 0.5) is 5.69 Å². The van der Waals surface area contributed by atoms with Crippen LogP contribution < -0.4 is 5.32 Å². The number of thiophene rings is 1. The summed E-state index contributed by atoms with van der Waals surface area (Å²) in [6.45, 7) is 1.68. The molecular formula is C21H20N2O3S. The van der Waals surface area contributed by atoms with E-state index in [2.05, 4.69) is 22.3 Å². The van der Waals surface area contributed by atoms with Crippen LogP contribution in [0.1, 0.15) is 28.1 Å². The molecule has 0 spiro atoms. The number of amides is 1. The van der Waals surface area contributed by atoms with Crippen molar-refractivity contribution in [3.05, 3.63) is 65.0 Å². The van der Waals surface area contributed by atoms with E-state index in [0.717, 1.165) is 36.0 Å². The fourth-order valence-electron chi connectivity index (χ4n) is 3.58. The first-order valence-electron chi connectivity index (χ1n) is 8.96. The summed E-state index contributed by atoms with van der Waals surface area (Å²) >= 11 is 1.24. The molecule has 27 heavy (non-hydrogen) atoms. The lowest BCUT2D eigenvalue weighted by molar-refractivity contribution is -0.120. The van der Waals surface area contributed by atoms with Gasteiger partial charge >= 0.3 is 5.97 Å². The first kappa shape index (κ1) is 17.7. The van der Waals surface area contributed by atoms with Crippen molar-refractivity contribution in [2.75, 3.05) is 11.9 Å². The summed E-state index contributed by atoms with van der Waals surface area (Å²) in [4.78, 5) is 26.5. The molecule has 5 nitrogen and oxygen atoms in total. The van der Waals surface area contributed by atoms with E-state index in [1.54, 1.807) is 6.07 Å². The van der Waals surface area contributed by atoms with E-state index in [-0.39, 0.29) is 11.9 Å². The number of fused-ring (bicyclic) bond motifs is 1. The molecule has 0 aliphatic carbocycles. The predicted molar refractivity (Wildman–Crippen MR) is 107 cm³/mol. The molecule has 1 amide bonds. The van der Waals surface area contributed by atoms with Crippen molar-refractivity contribution in [2.24, 2.45) is 0 Å². The summed E-state index contributed by atoms with van der Waals surface area (Å²) in [5.74, 6) is -0.930. The number of carbonyl (C=O) groups excluding carboxylic acids is 1. The van der Waals surface area contributed by atoms with Crippen LogP contribution in [0.25, 0.3) is 10.1 Å². The number of aromatic carboxylic acids is 1. The van der Waals surface area contributed by atoms with Gasteiger partial charge in [-0.1, -0.05) is 30.3 Å². The monoisotopic (exact) mass is 380 g/mol. The average Bonchev–Trinajstić information content (AvgIpc) is 3.29. The van der Waals surface area contributed by atoms with Crippen LogP contribution in [-0.2, 0) is 11.3 Å². The minimum atomic E-state index is -0.927. The molecule has 0 saturated carbocycles. The molecule has 6 heteroatoms. The van der Waals surface area contributed by atoms with E-state index >= 15 is 0 Å². The topological polar surface area (TPSA) is 69.6 Å². The third kappa shape index (κ3) is 3.86. The molecule has 1 aliphatic heterocycles. The lowest BCUT2D eigenvalue weighted by Gasteiger charge is -2.23. The molecular weight excluding hydrogens is 360 g/mol.